The van der Waals surface area contributed by atoms with Crippen molar-refractivity contribution in [1.29, 1.82) is 0 Å². The second-order valence-corrected chi connectivity index (χ2v) is 1.13. The molecule has 0 aromatic rings. The predicted molar refractivity (Wildman–Crippen MR) is 32.5 cm³/mol. The van der Waals surface area contributed by atoms with Gasteiger partial charge < -0.3 is 3.83 Å². The molecule has 0 unspecified atom stereocenters. The van der Waals surface area contributed by atoms with Gasteiger partial charge >= 0.3 is 35.5 Å². The molecule has 0 spiro atoms. The Hall–Kier alpha value is 0.950. The van der Waals surface area contributed by atoms with Crippen LogP contribution in [0.3, 0.4) is 0 Å². The van der Waals surface area contributed by atoms with E-state index >= 15 is 0 Å². The van der Waals surface area contributed by atoms with Crippen LogP contribution in [0.25, 0.3) is 0 Å². The van der Waals surface area contributed by atoms with Crippen LogP contribution in [0.4, 0.5) is 0 Å². The van der Waals surface area contributed by atoms with E-state index in [0.717, 1.165) is 0 Å². The number of hydrogen-bond donors (Lipinski definition) is 0. The Balaban J connectivity index is 0. The van der Waals surface area contributed by atoms with Crippen LogP contribution in [0.5, 0.6) is 0 Å². The van der Waals surface area contributed by atoms with Crippen molar-refractivity contribution < 1.29 is 8.62 Å². The Bertz CT molecular complexity index is 50.9. The van der Waals surface area contributed by atoms with Gasteiger partial charge in [0.2, 0.25) is 0 Å². The average molecular weight is 177 g/mol. The summed E-state index contributed by atoms with van der Waals surface area (Å²) in [5, 5.41) is 0. The van der Waals surface area contributed by atoms with E-state index in [1.54, 1.807) is 6.92 Å². The van der Waals surface area contributed by atoms with Gasteiger partial charge in [-0.05, 0) is 0 Å². The molecule has 0 aliphatic heterocycles. The maximum absolute atomic E-state index is 9.91. The zero-order valence-corrected chi connectivity index (χ0v) is 4.99. The molecule has 0 saturated carbocycles. The molecule has 0 N–H and O–H groups in total. The zero-order chi connectivity index (χ0) is 4.99. The van der Waals surface area contributed by atoms with Gasteiger partial charge in [0, 0.05) is 6.42 Å². The molecule has 0 aliphatic carbocycles. The summed E-state index contributed by atoms with van der Waals surface area (Å²) < 4.78 is 4.07. The summed E-state index contributed by atoms with van der Waals surface area (Å²) in [6, 6.07) is 0. The van der Waals surface area contributed by atoms with E-state index in [1.807, 2.05) is 0 Å². The van der Waals surface area contributed by atoms with E-state index in [2.05, 4.69) is 20.1 Å². The van der Waals surface area contributed by atoms with E-state index in [-0.39, 0.29) is 35.5 Å². The molecule has 0 amide bonds. The molecule has 0 heterocycles. The third-order valence-electron chi connectivity index (χ3n) is 0.375. The number of hydrogen-bond acceptors (Lipinski definition) is 2. The molecule has 0 atom stereocenters. The molecule has 38 valence electrons. The van der Waals surface area contributed by atoms with E-state index in [4.69, 9.17) is 0 Å². The van der Waals surface area contributed by atoms with E-state index < -0.39 is 0 Å². The summed E-state index contributed by atoms with van der Waals surface area (Å²) in [6.45, 7) is 1.73. The molecule has 0 rings (SSSR count). The standard InChI is InChI=1S/C3H5BrO2.Na.H/c1-2-3(5)6-4;;/h2H2,1H3;;. The molecule has 0 fully saturated rings. The van der Waals surface area contributed by atoms with Crippen molar-refractivity contribution in [2.24, 2.45) is 0 Å². The maximum atomic E-state index is 9.91. The van der Waals surface area contributed by atoms with E-state index in [0.29, 0.717) is 6.42 Å². The van der Waals surface area contributed by atoms with Crippen molar-refractivity contribution in [3.63, 3.8) is 0 Å². The van der Waals surface area contributed by atoms with Crippen LogP contribution in [0.2, 0.25) is 0 Å². The van der Waals surface area contributed by atoms with Gasteiger partial charge in [0.05, 0.1) is 0 Å². The summed E-state index contributed by atoms with van der Waals surface area (Å²) >= 11 is 2.53. The van der Waals surface area contributed by atoms with E-state index in [1.165, 1.54) is 0 Å². The topological polar surface area (TPSA) is 26.3 Å². The number of rotatable bonds is 1. The zero-order valence-electron chi connectivity index (χ0n) is 3.40. The number of carbonyl (C=O) groups is 1. The third-order valence-corrected chi connectivity index (χ3v) is 0.736. The molecular formula is C3H6BrNaO2. The fourth-order valence-corrected chi connectivity index (χ4v) is 0.283. The van der Waals surface area contributed by atoms with Gasteiger partial charge in [-0.2, -0.15) is 0 Å². The van der Waals surface area contributed by atoms with Crippen molar-refractivity contribution in [2.45, 2.75) is 13.3 Å². The molecule has 4 heteroatoms. The molecule has 0 saturated heterocycles. The van der Waals surface area contributed by atoms with Gasteiger partial charge in [0.15, 0.2) is 16.3 Å². The Morgan fingerprint density at radius 2 is 2.29 bits per heavy atom. The monoisotopic (exact) mass is 176 g/mol. The SMILES string of the molecule is CCC(=O)OBr.[NaH]. The van der Waals surface area contributed by atoms with Crippen LogP contribution in [0.1, 0.15) is 13.3 Å². The van der Waals surface area contributed by atoms with Crippen molar-refractivity contribution in [3.05, 3.63) is 0 Å². The molecule has 0 aromatic heterocycles. The molecule has 0 bridgehead atoms. The van der Waals surface area contributed by atoms with Crippen LogP contribution in [-0.2, 0) is 8.62 Å². The first-order chi connectivity index (χ1) is 2.81. The number of halogens is 1. The van der Waals surface area contributed by atoms with Crippen molar-refractivity contribution in [2.75, 3.05) is 0 Å². The van der Waals surface area contributed by atoms with Crippen molar-refractivity contribution in [3.8, 4) is 0 Å². The Labute approximate surface area is 73.3 Å². The van der Waals surface area contributed by atoms with Crippen LogP contribution < -0.4 is 0 Å². The van der Waals surface area contributed by atoms with Crippen LogP contribution in [0, 0.1) is 0 Å². The first kappa shape index (κ1) is 10.8. The Kier molecular flexibility index (Phi) is 10.8. The third kappa shape index (κ3) is 6.95. The minimum absolute atomic E-state index is 0. The summed E-state index contributed by atoms with van der Waals surface area (Å²) in [7, 11) is 0. The Morgan fingerprint density at radius 3 is 2.29 bits per heavy atom. The summed E-state index contributed by atoms with van der Waals surface area (Å²) in [4.78, 5) is 9.91. The van der Waals surface area contributed by atoms with Gasteiger partial charge in [0.1, 0.15) is 0 Å². The van der Waals surface area contributed by atoms with Crippen LogP contribution in [-0.4, -0.2) is 35.5 Å². The minimum atomic E-state index is -0.241. The first-order valence-corrected chi connectivity index (χ1v) is 2.27. The van der Waals surface area contributed by atoms with Crippen LogP contribution in [0.15, 0.2) is 0 Å². The molecule has 2 nitrogen and oxygen atoms in total. The molecule has 7 heavy (non-hydrogen) atoms. The van der Waals surface area contributed by atoms with E-state index in [9.17, 15) is 4.79 Å². The second kappa shape index (κ2) is 6.95. The fraction of sp³-hybridized carbons (Fsp3) is 0.667. The second-order valence-electron chi connectivity index (χ2n) is 0.803. The van der Waals surface area contributed by atoms with Gasteiger partial charge in [-0.1, -0.05) is 6.92 Å². The van der Waals surface area contributed by atoms with Gasteiger partial charge in [-0.15, -0.1) is 0 Å². The molecule has 0 aliphatic rings. The van der Waals surface area contributed by atoms with Gasteiger partial charge in [-0.25, -0.2) is 0 Å². The predicted octanol–water partition coefficient (Wildman–Crippen LogP) is 0.601. The summed E-state index contributed by atoms with van der Waals surface area (Å²) in [5.41, 5.74) is 0. The van der Waals surface area contributed by atoms with Gasteiger partial charge in [0.25, 0.3) is 0 Å². The van der Waals surface area contributed by atoms with Crippen molar-refractivity contribution in [1.82, 2.24) is 0 Å². The first-order valence-electron chi connectivity index (χ1n) is 1.62. The molecule has 0 aromatic carbocycles. The Morgan fingerprint density at radius 1 is 1.86 bits per heavy atom. The molecule has 0 radical (unpaired) electrons. The van der Waals surface area contributed by atoms with Crippen LogP contribution >= 0.6 is 16.3 Å². The molecular weight excluding hydrogens is 171 g/mol. The summed E-state index contributed by atoms with van der Waals surface area (Å²) in [5.74, 6) is -0.241. The number of carbonyl (C=O) groups excluding carboxylic acids is 1. The fourth-order valence-electron chi connectivity index (χ4n) is 0.0546. The van der Waals surface area contributed by atoms with Crippen molar-refractivity contribution >= 4 is 51.8 Å². The summed E-state index contributed by atoms with van der Waals surface area (Å²) in [6.07, 6.45) is 0.422. The van der Waals surface area contributed by atoms with Gasteiger partial charge in [-0.3, -0.25) is 4.79 Å². The average Bonchev–Trinajstić information content (AvgIpc) is 1.65. The quantitative estimate of drug-likeness (QED) is 0.548. The normalized spacial score (nSPS) is 6.57.